The summed E-state index contributed by atoms with van der Waals surface area (Å²) in [5.74, 6) is -1.90. The van der Waals surface area contributed by atoms with Crippen molar-refractivity contribution in [1.82, 2.24) is 14.9 Å². The third-order valence-corrected chi connectivity index (χ3v) is 7.34. The topological polar surface area (TPSA) is 141 Å². The van der Waals surface area contributed by atoms with Crippen molar-refractivity contribution in [3.05, 3.63) is 53.1 Å². The Kier molecular flexibility index (Phi) is 6.52. The van der Waals surface area contributed by atoms with Crippen LogP contribution < -0.4 is 4.74 Å². The number of amides is 1. The molecule has 3 N–H and O–H groups in total. The van der Waals surface area contributed by atoms with Gasteiger partial charge in [-0.1, -0.05) is 6.08 Å². The first-order chi connectivity index (χ1) is 18.9. The molecule has 2 saturated heterocycles. The average molecular weight is 539 g/mol. The summed E-state index contributed by atoms with van der Waals surface area (Å²) in [6.45, 7) is 0.292. The highest BCUT2D eigenvalue weighted by Gasteiger charge is 2.48. The molecule has 1 aromatic carbocycles. The highest BCUT2D eigenvalue weighted by atomic mass is 19.1. The molecule has 0 radical (unpaired) electrons. The van der Waals surface area contributed by atoms with Crippen LogP contribution in [0.1, 0.15) is 17.5 Å². The smallest absolute Gasteiger partial charge is 0.248 e. The Morgan fingerprint density at radius 2 is 2.00 bits per heavy atom. The normalized spacial score (nSPS) is 24.5. The van der Waals surface area contributed by atoms with E-state index in [-0.39, 0.29) is 48.0 Å². The standard InChI is InChI=1S/C27H24F2N4O6/c28-16-7-14(13-3-5-33(6-4-13)22(36)10-34)8-17(29)23(16)18-1-2-19-24(31-18)15(9-30)27(32-19)39-21-12-38-25-20(35)11-37-26(21)25/h1-3,7-8,20-21,25-26,32,34-35H,4-6,10-12H2/t20-,21-,25-,26-/m1/s1. The summed E-state index contributed by atoms with van der Waals surface area (Å²) in [6, 6.07) is 7.52. The lowest BCUT2D eigenvalue weighted by molar-refractivity contribution is -0.133. The summed E-state index contributed by atoms with van der Waals surface area (Å²) in [6.07, 6.45) is -0.191. The molecule has 1 amide bonds. The molecule has 3 aromatic rings. The van der Waals surface area contributed by atoms with Gasteiger partial charge in [-0.2, -0.15) is 5.26 Å². The van der Waals surface area contributed by atoms with E-state index >= 15 is 8.78 Å². The Hall–Kier alpha value is -3.89. The number of nitrogens with zero attached hydrogens (tertiary/aromatic N) is 3. The van der Waals surface area contributed by atoms with Gasteiger partial charge in [0.05, 0.1) is 30.0 Å². The van der Waals surface area contributed by atoms with E-state index in [1.54, 1.807) is 12.1 Å². The fraction of sp³-hybridized carbons (Fsp3) is 0.370. The second-order valence-electron chi connectivity index (χ2n) is 9.65. The number of carbonyl (C=O) groups excluding carboxylic acids is 1. The molecule has 3 aliphatic heterocycles. The molecule has 39 heavy (non-hydrogen) atoms. The van der Waals surface area contributed by atoms with Crippen molar-refractivity contribution in [2.45, 2.75) is 30.8 Å². The van der Waals surface area contributed by atoms with Gasteiger partial charge in [0.2, 0.25) is 11.8 Å². The average Bonchev–Trinajstić information content (AvgIpc) is 3.62. The molecular formula is C27H24F2N4O6. The number of hydrogen-bond donors (Lipinski definition) is 3. The predicted octanol–water partition coefficient (Wildman–Crippen LogP) is 1.89. The highest BCUT2D eigenvalue weighted by molar-refractivity contribution is 5.87. The Balaban J connectivity index is 1.28. The number of halogens is 2. The number of aliphatic hydroxyl groups excluding tert-OH is 2. The Morgan fingerprint density at radius 3 is 2.69 bits per heavy atom. The molecular weight excluding hydrogens is 514 g/mol. The molecule has 6 rings (SSSR count). The minimum Gasteiger partial charge on any atom is -0.469 e. The molecule has 5 heterocycles. The van der Waals surface area contributed by atoms with Crippen LogP contribution in [0.15, 0.2) is 30.3 Å². The SMILES string of the molecule is N#Cc1c(O[C@@H]2CO[C@H]3[C@@H]2OC[C@H]3O)[nH]c2ccc(-c3c(F)cc(C4=CCN(C(=O)CO)CC4)cc3F)nc12. The first kappa shape index (κ1) is 25.4. The molecule has 3 aliphatic rings. The van der Waals surface area contributed by atoms with Crippen molar-refractivity contribution in [1.29, 1.82) is 5.26 Å². The van der Waals surface area contributed by atoms with E-state index in [1.807, 2.05) is 6.07 Å². The predicted molar refractivity (Wildman–Crippen MR) is 132 cm³/mol. The quantitative estimate of drug-likeness (QED) is 0.447. The minimum absolute atomic E-state index is 0.00922. The number of H-pyrrole nitrogens is 1. The molecule has 0 aliphatic carbocycles. The number of ether oxygens (including phenoxy) is 3. The minimum atomic E-state index is -0.816. The lowest BCUT2D eigenvalue weighted by atomic mass is 9.96. The number of aromatic nitrogens is 2. The van der Waals surface area contributed by atoms with Crippen molar-refractivity contribution >= 4 is 22.5 Å². The molecule has 0 saturated carbocycles. The zero-order valence-corrected chi connectivity index (χ0v) is 20.6. The van der Waals surface area contributed by atoms with Crippen LogP contribution in [0.3, 0.4) is 0 Å². The number of rotatable bonds is 5. The number of nitrogens with one attached hydrogen (secondary N) is 1. The number of pyridine rings is 1. The third kappa shape index (κ3) is 4.43. The van der Waals surface area contributed by atoms with Gasteiger partial charge >= 0.3 is 0 Å². The van der Waals surface area contributed by atoms with Crippen LogP contribution >= 0.6 is 0 Å². The zero-order chi connectivity index (χ0) is 27.3. The largest absolute Gasteiger partial charge is 0.469 e. The Bertz CT molecular complexity index is 1510. The lowest BCUT2D eigenvalue weighted by Gasteiger charge is -2.26. The van der Waals surface area contributed by atoms with E-state index in [0.29, 0.717) is 29.6 Å². The van der Waals surface area contributed by atoms with Gasteiger partial charge in [0.1, 0.15) is 53.7 Å². The second-order valence-corrected chi connectivity index (χ2v) is 9.65. The van der Waals surface area contributed by atoms with Crippen molar-refractivity contribution in [2.24, 2.45) is 0 Å². The Morgan fingerprint density at radius 1 is 1.23 bits per heavy atom. The summed E-state index contributed by atoms with van der Waals surface area (Å²) in [7, 11) is 0. The van der Waals surface area contributed by atoms with Gasteiger partial charge < -0.3 is 34.3 Å². The van der Waals surface area contributed by atoms with E-state index in [2.05, 4.69) is 9.97 Å². The van der Waals surface area contributed by atoms with Gasteiger partial charge in [-0.05, 0) is 41.8 Å². The van der Waals surface area contributed by atoms with Crippen LogP contribution in [-0.2, 0) is 14.3 Å². The molecule has 0 bridgehead atoms. The molecule has 202 valence electrons. The molecule has 0 unspecified atom stereocenters. The molecule has 2 fully saturated rings. The van der Waals surface area contributed by atoms with E-state index in [4.69, 9.17) is 19.3 Å². The third-order valence-electron chi connectivity index (χ3n) is 7.34. The number of nitriles is 1. The van der Waals surface area contributed by atoms with Gasteiger partial charge in [0.15, 0.2) is 6.10 Å². The maximum Gasteiger partial charge on any atom is 0.248 e. The lowest BCUT2D eigenvalue weighted by Crippen LogP contribution is -2.36. The maximum absolute atomic E-state index is 15.3. The fourth-order valence-electron chi connectivity index (χ4n) is 5.33. The first-order valence-electron chi connectivity index (χ1n) is 12.5. The van der Waals surface area contributed by atoms with Crippen LogP contribution in [0.25, 0.3) is 27.9 Å². The van der Waals surface area contributed by atoms with E-state index in [0.717, 1.165) is 0 Å². The van der Waals surface area contributed by atoms with Crippen molar-refractivity contribution in [3.8, 4) is 23.2 Å². The fourth-order valence-corrected chi connectivity index (χ4v) is 5.33. The molecule has 4 atom stereocenters. The van der Waals surface area contributed by atoms with Crippen LogP contribution in [0.2, 0.25) is 0 Å². The van der Waals surface area contributed by atoms with Crippen LogP contribution in [0, 0.1) is 23.0 Å². The van der Waals surface area contributed by atoms with E-state index in [9.17, 15) is 15.2 Å². The van der Waals surface area contributed by atoms with Gasteiger partial charge in [0, 0.05) is 13.1 Å². The molecule has 0 spiro atoms. The zero-order valence-electron chi connectivity index (χ0n) is 20.6. The second kappa shape index (κ2) is 10.0. The van der Waals surface area contributed by atoms with E-state index < -0.39 is 48.6 Å². The summed E-state index contributed by atoms with van der Waals surface area (Å²) in [4.78, 5) is 20.5. The van der Waals surface area contributed by atoms with Gasteiger partial charge in [0.25, 0.3) is 0 Å². The van der Waals surface area contributed by atoms with Crippen molar-refractivity contribution < 1.29 is 38.0 Å². The molecule has 2 aromatic heterocycles. The van der Waals surface area contributed by atoms with Crippen molar-refractivity contribution in [2.75, 3.05) is 32.9 Å². The van der Waals surface area contributed by atoms with Crippen molar-refractivity contribution in [3.63, 3.8) is 0 Å². The summed E-state index contributed by atoms with van der Waals surface area (Å²) in [5, 5.41) is 28.8. The number of carbonyl (C=O) groups is 1. The Labute approximate surface area is 221 Å². The van der Waals surface area contributed by atoms with Crippen LogP contribution in [0.4, 0.5) is 8.78 Å². The summed E-state index contributed by atoms with van der Waals surface area (Å²) in [5.41, 5.74) is 1.44. The number of benzene rings is 1. The van der Waals surface area contributed by atoms with Crippen LogP contribution in [0.5, 0.6) is 5.88 Å². The number of hydrogen-bond acceptors (Lipinski definition) is 8. The van der Waals surface area contributed by atoms with Gasteiger partial charge in [-0.3, -0.25) is 4.79 Å². The summed E-state index contributed by atoms with van der Waals surface area (Å²) >= 11 is 0. The monoisotopic (exact) mass is 538 g/mol. The van der Waals surface area contributed by atoms with Crippen LogP contribution in [-0.4, -0.2) is 88.3 Å². The van der Waals surface area contributed by atoms with E-state index in [1.165, 1.54) is 23.1 Å². The first-order valence-corrected chi connectivity index (χ1v) is 12.5. The molecule has 10 nitrogen and oxygen atoms in total. The molecule has 12 heteroatoms. The van der Waals surface area contributed by atoms with Gasteiger partial charge in [-0.25, -0.2) is 13.8 Å². The summed E-state index contributed by atoms with van der Waals surface area (Å²) < 4.78 is 47.7. The number of aromatic amines is 1. The number of aliphatic hydroxyl groups is 2. The van der Waals surface area contributed by atoms with Gasteiger partial charge in [-0.15, -0.1) is 0 Å². The number of fused-ring (bicyclic) bond motifs is 2. The highest BCUT2D eigenvalue weighted by Crippen LogP contribution is 2.35. The maximum atomic E-state index is 15.3.